The molecule has 33 heavy (non-hydrogen) atoms. The Labute approximate surface area is 203 Å². The molecule has 0 aliphatic carbocycles. The molecule has 0 radical (unpaired) electrons. The van der Waals surface area contributed by atoms with Gasteiger partial charge < -0.3 is 19.6 Å². The van der Waals surface area contributed by atoms with E-state index < -0.39 is 17.7 Å². The highest BCUT2D eigenvalue weighted by molar-refractivity contribution is 6.47. The predicted octanol–water partition coefficient (Wildman–Crippen LogP) is 4.69. The lowest BCUT2D eigenvalue weighted by atomic mass is 9.94. The van der Waals surface area contributed by atoms with Crippen LogP contribution in [0.1, 0.15) is 36.1 Å². The maximum Gasteiger partial charge on any atom is 0.295 e. The number of ketones is 1. The largest absolute Gasteiger partial charge is 0.507 e. The Hall–Kier alpha value is -2.54. The molecule has 0 aromatic heterocycles. The van der Waals surface area contributed by atoms with Crippen LogP contribution in [0.15, 0.2) is 42.0 Å². The minimum absolute atomic E-state index is 0.0287. The summed E-state index contributed by atoms with van der Waals surface area (Å²) in [5, 5.41) is 12.0. The maximum atomic E-state index is 13.2. The molecule has 1 saturated heterocycles. The van der Waals surface area contributed by atoms with Gasteiger partial charge in [-0.25, -0.2) is 0 Å². The molecule has 2 unspecified atom stereocenters. The normalized spacial score (nSPS) is 21.6. The Bertz CT molecular complexity index is 1150. The Kier molecular flexibility index (Phi) is 6.71. The number of hydrogen-bond donors (Lipinski definition) is 1. The summed E-state index contributed by atoms with van der Waals surface area (Å²) in [6.07, 6.45) is 1.42. The molecule has 174 valence electrons. The number of rotatable bonds is 6. The molecule has 2 aliphatic rings. The van der Waals surface area contributed by atoms with Crippen molar-refractivity contribution < 1.29 is 19.4 Å². The number of ether oxygens (including phenoxy) is 1. The van der Waals surface area contributed by atoms with Gasteiger partial charge in [-0.05, 0) is 75.4 Å². The van der Waals surface area contributed by atoms with Gasteiger partial charge in [-0.3, -0.25) is 9.59 Å². The van der Waals surface area contributed by atoms with E-state index in [0.717, 1.165) is 17.9 Å². The van der Waals surface area contributed by atoms with Crippen LogP contribution in [0.5, 0.6) is 5.75 Å². The average molecular weight is 489 g/mol. The van der Waals surface area contributed by atoms with E-state index in [2.05, 4.69) is 0 Å². The summed E-state index contributed by atoms with van der Waals surface area (Å²) in [5.74, 6) is -0.828. The first kappa shape index (κ1) is 23.6. The fourth-order valence-corrected chi connectivity index (χ4v) is 4.95. The number of fused-ring (bicyclic) bond motifs is 1. The Morgan fingerprint density at radius 2 is 1.94 bits per heavy atom. The molecular formula is C25H26Cl2N2O4. The minimum atomic E-state index is -0.805. The Morgan fingerprint density at radius 1 is 1.18 bits per heavy atom. The molecule has 2 atom stereocenters. The van der Waals surface area contributed by atoms with Gasteiger partial charge >= 0.3 is 0 Å². The van der Waals surface area contributed by atoms with Crippen molar-refractivity contribution in [3.63, 3.8) is 0 Å². The number of nitrogens with zero attached hydrogens (tertiary/aromatic N) is 2. The first-order valence-electron chi connectivity index (χ1n) is 10.9. The van der Waals surface area contributed by atoms with Crippen LogP contribution in [0.2, 0.25) is 10.0 Å². The fourth-order valence-electron chi connectivity index (χ4n) is 4.44. The van der Waals surface area contributed by atoms with E-state index in [4.69, 9.17) is 27.9 Å². The van der Waals surface area contributed by atoms with Gasteiger partial charge in [0, 0.05) is 28.6 Å². The summed E-state index contributed by atoms with van der Waals surface area (Å²) in [6, 6.07) is 9.43. The zero-order chi connectivity index (χ0) is 23.9. The Balaban J connectivity index is 1.81. The summed E-state index contributed by atoms with van der Waals surface area (Å²) in [4.78, 5) is 29.7. The number of halogens is 2. The molecule has 4 rings (SSSR count). The monoisotopic (exact) mass is 488 g/mol. The van der Waals surface area contributed by atoms with Crippen molar-refractivity contribution in [3.8, 4) is 5.75 Å². The summed E-state index contributed by atoms with van der Waals surface area (Å²) < 4.78 is 5.74. The third-order valence-electron chi connectivity index (χ3n) is 5.97. The Morgan fingerprint density at radius 3 is 2.64 bits per heavy atom. The molecule has 1 N–H and O–H groups in total. The minimum Gasteiger partial charge on any atom is -0.507 e. The number of carbonyl (C=O) groups excluding carboxylic acids is 2. The third kappa shape index (κ3) is 4.60. The second-order valence-electron chi connectivity index (χ2n) is 8.77. The van der Waals surface area contributed by atoms with Crippen molar-refractivity contribution in [1.29, 1.82) is 0 Å². The zero-order valence-electron chi connectivity index (χ0n) is 18.8. The van der Waals surface area contributed by atoms with Crippen LogP contribution in [0.25, 0.3) is 5.76 Å². The fraction of sp³-hybridized carbons (Fsp3) is 0.360. The molecule has 2 heterocycles. The van der Waals surface area contributed by atoms with Crippen LogP contribution < -0.4 is 4.74 Å². The SMILES string of the molecule is CC1Cc2cc(/C(O)=C3\C(=O)C(=O)N(CCCN(C)C)C3c3ccc(Cl)cc3Cl)ccc2O1. The van der Waals surface area contributed by atoms with Gasteiger partial charge in [0.2, 0.25) is 0 Å². The highest BCUT2D eigenvalue weighted by atomic mass is 35.5. The summed E-state index contributed by atoms with van der Waals surface area (Å²) in [6.45, 7) is 3.06. The molecule has 2 aromatic rings. The second kappa shape index (κ2) is 9.37. The lowest BCUT2D eigenvalue weighted by molar-refractivity contribution is -0.139. The van der Waals surface area contributed by atoms with Crippen LogP contribution in [0.3, 0.4) is 0 Å². The van der Waals surface area contributed by atoms with Gasteiger partial charge in [0.05, 0.1) is 11.6 Å². The molecule has 2 aromatic carbocycles. The number of benzene rings is 2. The number of likely N-dealkylation sites (tertiary alicyclic amines) is 1. The van der Waals surface area contributed by atoms with E-state index in [9.17, 15) is 14.7 Å². The van der Waals surface area contributed by atoms with Crippen molar-refractivity contribution in [1.82, 2.24) is 9.80 Å². The van der Waals surface area contributed by atoms with Crippen LogP contribution in [0, 0.1) is 0 Å². The van der Waals surface area contributed by atoms with Crippen molar-refractivity contribution in [2.75, 3.05) is 27.2 Å². The smallest absolute Gasteiger partial charge is 0.295 e. The molecule has 6 nitrogen and oxygen atoms in total. The van der Waals surface area contributed by atoms with Crippen molar-refractivity contribution in [3.05, 3.63) is 68.7 Å². The van der Waals surface area contributed by atoms with Gasteiger partial charge in [-0.15, -0.1) is 0 Å². The van der Waals surface area contributed by atoms with Gasteiger partial charge in [-0.2, -0.15) is 0 Å². The van der Waals surface area contributed by atoms with E-state index in [1.165, 1.54) is 4.90 Å². The number of carbonyl (C=O) groups is 2. The van der Waals surface area contributed by atoms with E-state index in [1.807, 2.05) is 32.0 Å². The van der Waals surface area contributed by atoms with Gasteiger partial charge in [0.15, 0.2) is 0 Å². The quantitative estimate of drug-likeness (QED) is 0.362. The molecule has 0 bridgehead atoms. The lowest BCUT2D eigenvalue weighted by Crippen LogP contribution is -2.32. The molecule has 8 heteroatoms. The number of amides is 1. The molecule has 1 amide bonds. The highest BCUT2D eigenvalue weighted by Crippen LogP contribution is 2.43. The van der Waals surface area contributed by atoms with E-state index in [-0.39, 0.29) is 17.4 Å². The number of hydrogen-bond acceptors (Lipinski definition) is 5. The molecule has 2 aliphatic heterocycles. The molecule has 0 saturated carbocycles. The number of aliphatic hydroxyl groups excluding tert-OH is 1. The summed E-state index contributed by atoms with van der Waals surface area (Å²) >= 11 is 12.6. The average Bonchev–Trinajstić information content (AvgIpc) is 3.24. The van der Waals surface area contributed by atoms with Crippen LogP contribution >= 0.6 is 23.2 Å². The maximum absolute atomic E-state index is 13.2. The first-order chi connectivity index (χ1) is 15.7. The van der Waals surface area contributed by atoms with Gasteiger partial charge in [-0.1, -0.05) is 29.3 Å². The third-order valence-corrected chi connectivity index (χ3v) is 6.53. The van der Waals surface area contributed by atoms with Crippen LogP contribution in [-0.4, -0.2) is 59.9 Å². The molecular weight excluding hydrogens is 463 g/mol. The van der Waals surface area contributed by atoms with Gasteiger partial charge in [0.1, 0.15) is 17.6 Å². The summed E-state index contributed by atoms with van der Waals surface area (Å²) in [5.41, 5.74) is 1.99. The zero-order valence-corrected chi connectivity index (χ0v) is 20.3. The predicted molar refractivity (Wildman–Crippen MR) is 129 cm³/mol. The van der Waals surface area contributed by atoms with E-state index in [1.54, 1.807) is 30.3 Å². The van der Waals surface area contributed by atoms with E-state index >= 15 is 0 Å². The van der Waals surface area contributed by atoms with Crippen molar-refractivity contribution in [2.45, 2.75) is 31.9 Å². The van der Waals surface area contributed by atoms with Crippen molar-refractivity contribution >= 4 is 40.7 Å². The van der Waals surface area contributed by atoms with Crippen LogP contribution in [0.4, 0.5) is 0 Å². The number of aliphatic hydroxyl groups is 1. The second-order valence-corrected chi connectivity index (χ2v) is 9.61. The van der Waals surface area contributed by atoms with Crippen molar-refractivity contribution in [2.24, 2.45) is 0 Å². The molecule has 0 spiro atoms. The first-order valence-corrected chi connectivity index (χ1v) is 11.6. The standard InChI is InChI=1S/C25H26Cl2N2O4/c1-14-11-16-12-15(5-8-20(16)33-14)23(30)21-22(18-7-6-17(26)13-19(18)27)29(25(32)24(21)31)10-4-9-28(2)3/h5-8,12-14,22,30H,4,9-11H2,1-3H3/b23-21+. The molecule has 1 fully saturated rings. The lowest BCUT2D eigenvalue weighted by Gasteiger charge is -2.26. The van der Waals surface area contributed by atoms with Crippen LogP contribution in [-0.2, 0) is 16.0 Å². The van der Waals surface area contributed by atoms with Gasteiger partial charge in [0.25, 0.3) is 11.7 Å². The van der Waals surface area contributed by atoms with E-state index in [0.29, 0.717) is 40.6 Å². The number of Topliss-reactive ketones (excluding diaryl/α,β-unsaturated/α-hetero) is 1. The summed E-state index contributed by atoms with van der Waals surface area (Å²) in [7, 11) is 3.89. The topological polar surface area (TPSA) is 70.1 Å². The highest BCUT2D eigenvalue weighted by Gasteiger charge is 2.46.